The van der Waals surface area contributed by atoms with Crippen molar-refractivity contribution >= 4 is 41.3 Å². The number of hydrogen-bond acceptors (Lipinski definition) is 7. The summed E-state index contributed by atoms with van der Waals surface area (Å²) in [5.74, 6) is 0.186. The molecule has 0 bridgehead atoms. The molecule has 1 unspecified atom stereocenters. The van der Waals surface area contributed by atoms with Crippen molar-refractivity contribution in [3.63, 3.8) is 0 Å². The lowest BCUT2D eigenvalue weighted by Crippen LogP contribution is -2.57. The van der Waals surface area contributed by atoms with E-state index in [0.29, 0.717) is 44.0 Å². The lowest BCUT2D eigenvalue weighted by Gasteiger charge is -2.27. The molecule has 3 heterocycles. The topological polar surface area (TPSA) is 158 Å². The Morgan fingerprint density at radius 2 is 1.40 bits per heavy atom. The second-order valence-corrected chi connectivity index (χ2v) is 15.2. The summed E-state index contributed by atoms with van der Waals surface area (Å²) in [4.78, 5) is 64.5. The monoisotopic (exact) mass is 623 g/mol. The van der Waals surface area contributed by atoms with Gasteiger partial charge in [-0.05, 0) is 56.8 Å². The summed E-state index contributed by atoms with van der Waals surface area (Å²) in [5, 5.41) is 15.0. The van der Waals surface area contributed by atoms with Crippen LogP contribution in [0.25, 0.3) is 0 Å². The molecule has 0 aromatic rings. The number of hydrogen-bond donors (Lipinski definition) is 5. The molecule has 11 nitrogen and oxygen atoms in total. The van der Waals surface area contributed by atoms with Crippen LogP contribution in [0.1, 0.15) is 93.4 Å². The highest BCUT2D eigenvalue weighted by atomic mass is 32.2. The Kier molecular flexibility index (Phi) is 12.7. The largest absolute Gasteiger partial charge is 0.361 e. The molecule has 3 fully saturated rings. The maximum absolute atomic E-state index is 13.5. The molecule has 244 valence electrons. The smallest absolute Gasteiger partial charge is 0.315 e. The van der Waals surface area contributed by atoms with Crippen molar-refractivity contribution in [2.45, 2.75) is 134 Å². The van der Waals surface area contributed by atoms with Crippen LogP contribution < -0.4 is 26.6 Å². The fraction of sp³-hybridized carbons (Fsp3) is 0.839. The summed E-state index contributed by atoms with van der Waals surface area (Å²) in [6.07, 6.45) is 4.05. The lowest BCUT2D eigenvalue weighted by molar-refractivity contribution is -0.134. The van der Waals surface area contributed by atoms with Crippen molar-refractivity contribution in [3.8, 4) is 0 Å². The molecule has 5 N–H and O–H groups in total. The van der Waals surface area contributed by atoms with Gasteiger partial charge in [-0.2, -0.15) is 11.8 Å². The van der Waals surface area contributed by atoms with E-state index in [9.17, 15) is 24.0 Å². The zero-order valence-corrected chi connectivity index (χ0v) is 27.7. The molecule has 3 aliphatic heterocycles. The average Bonchev–Trinajstić information content (AvgIpc) is 3.39. The maximum atomic E-state index is 13.5. The number of ether oxygens (including phenoxy) is 1. The van der Waals surface area contributed by atoms with E-state index in [1.165, 1.54) is 0 Å². The minimum atomic E-state index is -0.863. The van der Waals surface area contributed by atoms with E-state index in [1.807, 2.05) is 53.3 Å². The molecule has 3 rings (SSSR count). The Bertz CT molecular complexity index is 1020. The van der Waals surface area contributed by atoms with Crippen LogP contribution in [-0.4, -0.2) is 83.0 Å². The third-order valence-electron chi connectivity index (χ3n) is 8.22. The number of urea groups is 1. The molecular formula is C31H53N5O6S. The predicted octanol–water partition coefficient (Wildman–Crippen LogP) is 2.66. The first kappa shape index (κ1) is 35.1. The van der Waals surface area contributed by atoms with E-state index in [2.05, 4.69) is 26.6 Å². The zero-order chi connectivity index (χ0) is 31.9. The van der Waals surface area contributed by atoms with Gasteiger partial charge in [-0.1, -0.05) is 48.0 Å². The number of amides is 5. The Morgan fingerprint density at radius 1 is 0.860 bits per heavy atom. The van der Waals surface area contributed by atoms with Crippen molar-refractivity contribution in [1.29, 1.82) is 0 Å². The van der Waals surface area contributed by atoms with Crippen LogP contribution in [0.4, 0.5) is 4.79 Å². The first-order chi connectivity index (χ1) is 20.2. The zero-order valence-electron chi connectivity index (χ0n) is 26.9. The van der Waals surface area contributed by atoms with Crippen molar-refractivity contribution in [2.24, 2.45) is 17.8 Å². The van der Waals surface area contributed by atoms with Gasteiger partial charge in [0.25, 0.3) is 0 Å². The highest BCUT2D eigenvalue weighted by Crippen LogP contribution is 2.33. The summed E-state index contributed by atoms with van der Waals surface area (Å²) in [5.41, 5.74) is -0.863. The van der Waals surface area contributed by atoms with Gasteiger partial charge in [0, 0.05) is 17.4 Å². The molecule has 5 amide bonds. The molecule has 43 heavy (non-hydrogen) atoms. The molecule has 3 aliphatic rings. The minimum Gasteiger partial charge on any atom is -0.361 e. The number of epoxide rings is 1. The van der Waals surface area contributed by atoms with Crippen LogP contribution in [-0.2, 0) is 23.9 Å². The summed E-state index contributed by atoms with van der Waals surface area (Å²) < 4.78 is 5.35. The van der Waals surface area contributed by atoms with E-state index in [-0.39, 0.29) is 47.6 Å². The molecular weight excluding hydrogens is 570 g/mol. The first-order valence-corrected chi connectivity index (χ1v) is 17.0. The van der Waals surface area contributed by atoms with E-state index in [1.54, 1.807) is 6.92 Å². The molecule has 0 aromatic carbocycles. The van der Waals surface area contributed by atoms with Gasteiger partial charge in [0.05, 0.1) is 24.7 Å². The third kappa shape index (κ3) is 10.7. The van der Waals surface area contributed by atoms with Crippen LogP contribution in [0.3, 0.4) is 0 Å². The average molecular weight is 624 g/mol. The molecule has 0 aromatic heterocycles. The third-order valence-corrected chi connectivity index (χ3v) is 9.73. The lowest BCUT2D eigenvalue weighted by atomic mass is 9.92. The van der Waals surface area contributed by atoms with Crippen molar-refractivity contribution in [3.05, 3.63) is 0 Å². The number of Topliss-reactive ketones (excluding diaryl/α,β-unsaturated/α-hetero) is 1. The van der Waals surface area contributed by atoms with Gasteiger partial charge >= 0.3 is 6.03 Å². The Labute approximate surface area is 260 Å². The molecule has 3 saturated heterocycles. The summed E-state index contributed by atoms with van der Waals surface area (Å²) >= 11 is 1.85. The molecule has 0 spiro atoms. The summed E-state index contributed by atoms with van der Waals surface area (Å²) in [6, 6.07) is -2.09. The Hall–Kier alpha value is -2.34. The highest BCUT2D eigenvalue weighted by Gasteiger charge is 2.50. The van der Waals surface area contributed by atoms with Crippen LogP contribution in [0.15, 0.2) is 0 Å². The molecule has 7 atom stereocenters. The van der Waals surface area contributed by atoms with E-state index in [0.717, 1.165) is 18.6 Å². The fourth-order valence-electron chi connectivity index (χ4n) is 5.81. The summed E-state index contributed by atoms with van der Waals surface area (Å²) in [7, 11) is 0. The maximum Gasteiger partial charge on any atom is 0.315 e. The van der Waals surface area contributed by atoms with E-state index >= 15 is 0 Å². The van der Waals surface area contributed by atoms with Gasteiger partial charge in [-0.15, -0.1) is 0 Å². The van der Waals surface area contributed by atoms with Gasteiger partial charge in [-0.3, -0.25) is 19.2 Å². The summed E-state index contributed by atoms with van der Waals surface area (Å²) in [6.45, 7) is 14.0. The standard InChI is InChI=1S/C31H53N5O6S/c1-17(2)12-20(27(38)31(7)16-42-31)33-29(40)22(14-19(5)6)34-28(39)21(13-18(3)4)32-25(37)11-9-8-10-24-26-23(15-43-24)35-30(41)36-26/h17-24,26H,8-16H2,1-7H3,(H,32,37)(H,33,40)(H,34,39)(H2,35,36,41)/t20-,21-,22-,23-,24-,26-,31?/m0/s1. The van der Waals surface area contributed by atoms with Crippen LogP contribution in [0.2, 0.25) is 0 Å². The number of carbonyl (C=O) groups is 5. The van der Waals surface area contributed by atoms with Gasteiger partial charge in [-0.25, -0.2) is 4.79 Å². The van der Waals surface area contributed by atoms with E-state index < -0.39 is 35.5 Å². The Balaban J connectivity index is 1.54. The number of ketones is 1. The fourth-order valence-corrected chi connectivity index (χ4v) is 7.36. The second kappa shape index (κ2) is 15.6. The van der Waals surface area contributed by atoms with Crippen molar-refractivity contribution in [1.82, 2.24) is 26.6 Å². The number of unbranched alkanes of at least 4 members (excludes halogenated alkanes) is 1. The Morgan fingerprint density at radius 3 is 1.95 bits per heavy atom. The quantitative estimate of drug-likeness (QED) is 0.0892. The van der Waals surface area contributed by atoms with Gasteiger partial charge in [0.1, 0.15) is 17.7 Å². The molecule has 12 heteroatoms. The van der Waals surface area contributed by atoms with Crippen molar-refractivity contribution in [2.75, 3.05) is 12.4 Å². The van der Waals surface area contributed by atoms with Gasteiger partial charge < -0.3 is 31.3 Å². The molecule has 0 aliphatic carbocycles. The highest BCUT2D eigenvalue weighted by molar-refractivity contribution is 8.00. The molecule has 0 radical (unpaired) electrons. The minimum absolute atomic E-state index is 0.103. The predicted molar refractivity (Wildman–Crippen MR) is 167 cm³/mol. The van der Waals surface area contributed by atoms with Crippen LogP contribution >= 0.6 is 11.8 Å². The first-order valence-electron chi connectivity index (χ1n) is 16.0. The number of thioether (sulfide) groups is 1. The SMILES string of the molecule is CC(C)C[C@H](NC(=O)CCCC[C@@H]1SC[C@@H]2NC(=O)N[C@@H]21)C(=O)N[C@@H](CC(C)C)C(=O)N[C@@H](CC(C)C)C(=O)C1(C)CO1. The number of fused-ring (bicyclic) bond motifs is 1. The van der Waals surface area contributed by atoms with Crippen LogP contribution in [0, 0.1) is 17.8 Å². The number of carbonyl (C=O) groups excluding carboxylic acids is 5. The van der Waals surface area contributed by atoms with Gasteiger partial charge in [0.2, 0.25) is 17.7 Å². The number of rotatable bonds is 18. The van der Waals surface area contributed by atoms with E-state index in [4.69, 9.17) is 4.74 Å². The van der Waals surface area contributed by atoms with Gasteiger partial charge in [0.15, 0.2) is 5.78 Å². The number of nitrogens with one attached hydrogen (secondary N) is 5. The molecule has 0 saturated carbocycles. The van der Waals surface area contributed by atoms with Crippen molar-refractivity contribution < 1.29 is 28.7 Å². The van der Waals surface area contributed by atoms with Crippen LogP contribution in [0.5, 0.6) is 0 Å². The second-order valence-electron chi connectivity index (χ2n) is 13.9. The normalized spacial score (nSPS) is 26.4.